The first-order valence-corrected chi connectivity index (χ1v) is 10.3. The Labute approximate surface area is 168 Å². The monoisotopic (exact) mass is 411 g/mol. The van der Waals surface area contributed by atoms with Crippen LogP contribution in [0.2, 0.25) is 0 Å². The summed E-state index contributed by atoms with van der Waals surface area (Å²) in [5.74, 6) is -0.593. The molecule has 7 nitrogen and oxygen atoms in total. The van der Waals surface area contributed by atoms with E-state index in [4.69, 9.17) is 0 Å². The molecule has 9 heteroatoms. The van der Waals surface area contributed by atoms with Crippen molar-refractivity contribution >= 4 is 50.5 Å². The van der Waals surface area contributed by atoms with Gasteiger partial charge in [-0.25, -0.2) is 0 Å². The molecule has 4 rings (SSSR count). The van der Waals surface area contributed by atoms with E-state index in [0.717, 1.165) is 27.0 Å². The normalized spacial score (nSPS) is 12.0. The predicted molar refractivity (Wildman–Crippen MR) is 111 cm³/mol. The van der Waals surface area contributed by atoms with E-state index in [-0.39, 0.29) is 11.8 Å². The second-order valence-corrected chi connectivity index (χ2v) is 7.99. The summed E-state index contributed by atoms with van der Waals surface area (Å²) in [4.78, 5) is 27.6. The van der Waals surface area contributed by atoms with Crippen LogP contribution < -0.4 is 10.6 Å². The zero-order chi connectivity index (χ0) is 19.5. The lowest BCUT2D eigenvalue weighted by molar-refractivity contribution is -0.125. The molecule has 3 N–H and O–H groups in total. The number of carbonyl (C=O) groups excluding carboxylic acids is 2. The third-order valence-electron chi connectivity index (χ3n) is 4.22. The highest BCUT2D eigenvalue weighted by Gasteiger charge is 2.23. The SMILES string of the molecule is CC(=O)NC(Cc1c[nH]c2ccccc12)C(=O)Nc1nnc(-c2ccsc2)s1. The van der Waals surface area contributed by atoms with Crippen LogP contribution in [-0.4, -0.2) is 33.0 Å². The predicted octanol–water partition coefficient (Wildman–Crippen LogP) is 3.43. The van der Waals surface area contributed by atoms with Gasteiger partial charge in [0.05, 0.1) is 0 Å². The molecule has 4 aromatic rings. The maximum atomic E-state index is 12.8. The highest BCUT2D eigenvalue weighted by atomic mass is 32.1. The summed E-state index contributed by atoms with van der Waals surface area (Å²) in [5.41, 5.74) is 2.92. The summed E-state index contributed by atoms with van der Waals surface area (Å²) in [5, 5.41) is 19.8. The van der Waals surface area contributed by atoms with Crippen molar-refractivity contribution in [3.8, 4) is 10.6 Å². The van der Waals surface area contributed by atoms with Gasteiger partial charge >= 0.3 is 0 Å². The molecular weight excluding hydrogens is 394 g/mol. The number of hydrogen-bond donors (Lipinski definition) is 3. The van der Waals surface area contributed by atoms with Crippen LogP contribution in [-0.2, 0) is 16.0 Å². The fourth-order valence-corrected chi connectivity index (χ4v) is 4.40. The summed E-state index contributed by atoms with van der Waals surface area (Å²) in [6.45, 7) is 1.40. The van der Waals surface area contributed by atoms with E-state index in [1.54, 1.807) is 11.3 Å². The molecule has 0 spiro atoms. The van der Waals surface area contributed by atoms with Gasteiger partial charge in [-0.05, 0) is 23.1 Å². The number of nitrogens with zero attached hydrogens (tertiary/aromatic N) is 2. The number of H-pyrrole nitrogens is 1. The van der Waals surface area contributed by atoms with Gasteiger partial charge < -0.3 is 10.3 Å². The van der Waals surface area contributed by atoms with E-state index in [0.29, 0.717) is 11.6 Å². The van der Waals surface area contributed by atoms with Crippen LogP contribution in [0.15, 0.2) is 47.3 Å². The number of hydrogen-bond acceptors (Lipinski definition) is 6. The van der Waals surface area contributed by atoms with Crippen molar-refractivity contribution in [2.24, 2.45) is 0 Å². The molecule has 1 unspecified atom stereocenters. The van der Waals surface area contributed by atoms with E-state index >= 15 is 0 Å². The van der Waals surface area contributed by atoms with Crippen LogP contribution in [0.25, 0.3) is 21.5 Å². The molecule has 0 saturated heterocycles. The van der Waals surface area contributed by atoms with Crippen molar-refractivity contribution in [3.05, 3.63) is 52.9 Å². The van der Waals surface area contributed by atoms with Crippen molar-refractivity contribution in [1.82, 2.24) is 20.5 Å². The molecule has 0 aliphatic heterocycles. The number of carbonyl (C=O) groups is 2. The topological polar surface area (TPSA) is 99.8 Å². The Morgan fingerprint density at radius 2 is 2.07 bits per heavy atom. The summed E-state index contributed by atoms with van der Waals surface area (Å²) in [6.07, 6.45) is 2.23. The molecule has 0 aliphatic rings. The van der Waals surface area contributed by atoms with E-state index in [1.807, 2.05) is 47.3 Å². The highest BCUT2D eigenvalue weighted by Crippen LogP contribution is 2.28. The second kappa shape index (κ2) is 7.91. The minimum absolute atomic E-state index is 0.267. The quantitative estimate of drug-likeness (QED) is 0.452. The molecule has 1 atom stereocenters. The van der Waals surface area contributed by atoms with Crippen molar-refractivity contribution < 1.29 is 9.59 Å². The molecule has 3 aromatic heterocycles. The van der Waals surface area contributed by atoms with Gasteiger partial charge in [0.1, 0.15) is 11.0 Å². The Morgan fingerprint density at radius 3 is 2.86 bits per heavy atom. The molecule has 0 saturated carbocycles. The summed E-state index contributed by atoms with van der Waals surface area (Å²) in [7, 11) is 0. The number of nitrogens with one attached hydrogen (secondary N) is 3. The van der Waals surface area contributed by atoms with Crippen molar-refractivity contribution in [3.63, 3.8) is 0 Å². The van der Waals surface area contributed by atoms with E-state index in [9.17, 15) is 9.59 Å². The third-order valence-corrected chi connectivity index (χ3v) is 5.79. The second-order valence-electron chi connectivity index (χ2n) is 6.23. The molecule has 0 radical (unpaired) electrons. The first-order chi connectivity index (χ1) is 13.6. The number of anilines is 1. The van der Waals surface area contributed by atoms with E-state index in [1.165, 1.54) is 18.3 Å². The third kappa shape index (κ3) is 3.95. The number of aromatic nitrogens is 3. The summed E-state index contributed by atoms with van der Waals surface area (Å²) in [6, 6.07) is 9.08. The smallest absolute Gasteiger partial charge is 0.249 e. The Morgan fingerprint density at radius 1 is 1.21 bits per heavy atom. The molecule has 142 valence electrons. The summed E-state index contributed by atoms with van der Waals surface area (Å²) < 4.78 is 0. The Kier molecular flexibility index (Phi) is 5.18. The first kappa shape index (κ1) is 18.3. The zero-order valence-corrected chi connectivity index (χ0v) is 16.6. The van der Waals surface area contributed by atoms with Crippen LogP contribution in [0.5, 0.6) is 0 Å². The number of benzene rings is 1. The van der Waals surface area contributed by atoms with E-state index in [2.05, 4.69) is 25.8 Å². The van der Waals surface area contributed by atoms with Crippen molar-refractivity contribution in [2.45, 2.75) is 19.4 Å². The van der Waals surface area contributed by atoms with Crippen molar-refractivity contribution in [2.75, 3.05) is 5.32 Å². The Bertz CT molecular complexity index is 1120. The average Bonchev–Trinajstić information content (AvgIpc) is 3.42. The standard InChI is InChI=1S/C19H17N5O2S2/c1-11(25)21-16(8-13-9-20-15-5-3-2-4-14(13)15)17(26)22-19-24-23-18(28-19)12-6-7-27-10-12/h2-7,9-10,16,20H,8H2,1H3,(H,21,25)(H,22,24,26). The molecular formula is C19H17N5O2S2. The lowest BCUT2D eigenvalue weighted by Gasteiger charge is -2.16. The number of para-hydroxylation sites is 1. The van der Waals surface area contributed by atoms with E-state index < -0.39 is 6.04 Å². The molecule has 3 heterocycles. The fourth-order valence-electron chi connectivity index (χ4n) is 2.94. The maximum absolute atomic E-state index is 12.8. The molecule has 0 aliphatic carbocycles. The molecule has 0 bridgehead atoms. The number of aromatic amines is 1. The van der Waals surface area contributed by atoms with Crippen LogP contribution in [0.3, 0.4) is 0 Å². The number of amides is 2. The first-order valence-electron chi connectivity index (χ1n) is 8.59. The fraction of sp³-hybridized carbons (Fsp3) is 0.158. The molecule has 28 heavy (non-hydrogen) atoms. The van der Waals surface area contributed by atoms with Gasteiger partial charge in [-0.3, -0.25) is 14.9 Å². The Balaban J connectivity index is 1.52. The lowest BCUT2D eigenvalue weighted by Crippen LogP contribution is -2.44. The highest BCUT2D eigenvalue weighted by molar-refractivity contribution is 7.19. The average molecular weight is 412 g/mol. The Hall–Kier alpha value is -3.04. The molecule has 0 fully saturated rings. The van der Waals surface area contributed by atoms with Crippen molar-refractivity contribution in [1.29, 1.82) is 0 Å². The molecule has 2 amide bonds. The van der Waals surface area contributed by atoms with Gasteiger partial charge in [0.15, 0.2) is 0 Å². The van der Waals surface area contributed by atoms with Gasteiger partial charge in [0, 0.05) is 41.4 Å². The largest absolute Gasteiger partial charge is 0.361 e. The van der Waals surface area contributed by atoms with Gasteiger partial charge in [0.2, 0.25) is 16.9 Å². The van der Waals surface area contributed by atoms with Gasteiger partial charge in [-0.2, -0.15) is 11.3 Å². The molecule has 1 aromatic carbocycles. The van der Waals surface area contributed by atoms with Crippen LogP contribution in [0.4, 0.5) is 5.13 Å². The van der Waals surface area contributed by atoms with Crippen LogP contribution in [0, 0.1) is 0 Å². The zero-order valence-electron chi connectivity index (χ0n) is 14.9. The minimum atomic E-state index is -0.717. The number of thiophene rings is 1. The van der Waals surface area contributed by atoms with Crippen LogP contribution >= 0.6 is 22.7 Å². The lowest BCUT2D eigenvalue weighted by atomic mass is 10.0. The van der Waals surface area contributed by atoms with Gasteiger partial charge in [-0.15, -0.1) is 10.2 Å². The minimum Gasteiger partial charge on any atom is -0.361 e. The van der Waals surface area contributed by atoms with Crippen LogP contribution in [0.1, 0.15) is 12.5 Å². The van der Waals surface area contributed by atoms with Gasteiger partial charge in [-0.1, -0.05) is 29.5 Å². The number of fused-ring (bicyclic) bond motifs is 1. The van der Waals surface area contributed by atoms with Gasteiger partial charge in [0.25, 0.3) is 0 Å². The maximum Gasteiger partial charge on any atom is 0.249 e. The number of rotatable bonds is 6. The summed E-state index contributed by atoms with van der Waals surface area (Å²) >= 11 is 2.87.